The fraction of sp³-hybridized carbons (Fsp3) is 0.308. The Morgan fingerprint density at radius 3 is 2.59 bits per heavy atom. The number of nitrogens with one attached hydrogen (secondary N) is 3. The van der Waals surface area contributed by atoms with E-state index in [2.05, 4.69) is 52.3 Å². The number of hydrogen-bond acceptors (Lipinski definition) is 8. The second kappa shape index (κ2) is 9.25. The number of hydrogen-bond donors (Lipinski definition) is 3. The van der Waals surface area contributed by atoms with E-state index in [0.717, 1.165) is 59.4 Å². The molecule has 11 heteroatoms. The van der Waals surface area contributed by atoms with E-state index in [-0.39, 0.29) is 11.8 Å². The standard InChI is InChI=1S/C26H28N10O/c1-15(2)26(37)30-18-8-16(10-27-12-18)17-9-19-22(33-34-24(19)29-11-17)25-31-20-13-28-14-21(23(20)32-25)36-6-4-35(3)5-7-36/h8-15H,4-7H2,1-3H3,(H,30,37)(H,31,32)(H,29,33,34). The van der Waals surface area contributed by atoms with Crippen LogP contribution in [-0.4, -0.2) is 79.2 Å². The number of amides is 1. The Morgan fingerprint density at radius 1 is 1.00 bits per heavy atom. The third-order valence-corrected chi connectivity index (χ3v) is 6.72. The Morgan fingerprint density at radius 2 is 1.78 bits per heavy atom. The highest BCUT2D eigenvalue weighted by molar-refractivity contribution is 5.96. The summed E-state index contributed by atoms with van der Waals surface area (Å²) in [5, 5.41) is 11.3. The molecule has 0 aromatic carbocycles. The van der Waals surface area contributed by atoms with Crippen LogP contribution in [0.3, 0.4) is 0 Å². The molecule has 11 nitrogen and oxygen atoms in total. The zero-order valence-corrected chi connectivity index (χ0v) is 21.0. The Labute approximate surface area is 213 Å². The molecular weight excluding hydrogens is 468 g/mol. The smallest absolute Gasteiger partial charge is 0.226 e. The van der Waals surface area contributed by atoms with Crippen LogP contribution in [0.4, 0.5) is 11.4 Å². The maximum absolute atomic E-state index is 12.1. The lowest BCUT2D eigenvalue weighted by molar-refractivity contribution is -0.118. The van der Waals surface area contributed by atoms with E-state index in [1.54, 1.807) is 24.8 Å². The minimum Gasteiger partial charge on any atom is -0.366 e. The predicted octanol–water partition coefficient (Wildman–Crippen LogP) is 3.30. The van der Waals surface area contributed by atoms with Gasteiger partial charge in [0.05, 0.1) is 40.9 Å². The van der Waals surface area contributed by atoms with Crippen LogP contribution in [0.25, 0.3) is 44.7 Å². The number of carbonyl (C=O) groups is 1. The normalized spacial score (nSPS) is 14.6. The molecule has 0 radical (unpaired) electrons. The van der Waals surface area contributed by atoms with Crippen molar-refractivity contribution in [2.24, 2.45) is 5.92 Å². The average Bonchev–Trinajstić information content (AvgIpc) is 3.53. The summed E-state index contributed by atoms with van der Waals surface area (Å²) >= 11 is 0. The van der Waals surface area contributed by atoms with Gasteiger partial charge in [0.2, 0.25) is 5.91 Å². The molecule has 6 heterocycles. The largest absolute Gasteiger partial charge is 0.366 e. The zero-order valence-electron chi connectivity index (χ0n) is 21.0. The molecule has 0 saturated carbocycles. The molecule has 0 spiro atoms. The van der Waals surface area contributed by atoms with Crippen LogP contribution < -0.4 is 10.2 Å². The van der Waals surface area contributed by atoms with Gasteiger partial charge < -0.3 is 20.1 Å². The molecule has 0 aliphatic carbocycles. The molecule has 6 rings (SSSR count). The van der Waals surface area contributed by atoms with Crippen LogP contribution in [0, 0.1) is 5.92 Å². The van der Waals surface area contributed by atoms with Crippen molar-refractivity contribution in [1.82, 2.24) is 40.0 Å². The summed E-state index contributed by atoms with van der Waals surface area (Å²) in [4.78, 5) is 38.5. The van der Waals surface area contributed by atoms with E-state index in [9.17, 15) is 4.79 Å². The fourth-order valence-electron chi connectivity index (χ4n) is 4.50. The SMILES string of the molecule is CC(C)C(=O)Nc1cncc(-c2cnc3[nH]nc(-c4nc5c(N6CCN(C)CC6)cncc5[nH]4)c3c2)c1. The number of fused-ring (bicyclic) bond motifs is 2. The van der Waals surface area contributed by atoms with E-state index in [1.165, 1.54) is 0 Å². The number of aromatic amines is 2. The van der Waals surface area contributed by atoms with Crippen molar-refractivity contribution in [3.05, 3.63) is 43.1 Å². The van der Waals surface area contributed by atoms with Crippen molar-refractivity contribution in [2.75, 3.05) is 43.4 Å². The van der Waals surface area contributed by atoms with Gasteiger partial charge in [-0.2, -0.15) is 5.10 Å². The molecule has 3 N–H and O–H groups in total. The Kier molecular flexibility index (Phi) is 5.76. The maximum atomic E-state index is 12.1. The first-order valence-corrected chi connectivity index (χ1v) is 12.3. The number of likely N-dealkylation sites (N-methyl/N-ethyl adjacent to an activating group) is 1. The lowest BCUT2D eigenvalue weighted by atomic mass is 10.1. The number of pyridine rings is 3. The highest BCUT2D eigenvalue weighted by Gasteiger charge is 2.21. The number of anilines is 2. The molecule has 1 saturated heterocycles. The van der Waals surface area contributed by atoms with Crippen molar-refractivity contribution in [1.29, 1.82) is 0 Å². The van der Waals surface area contributed by atoms with Crippen LogP contribution in [0.1, 0.15) is 13.8 Å². The molecule has 1 fully saturated rings. The van der Waals surface area contributed by atoms with Gasteiger partial charge in [-0.15, -0.1) is 0 Å². The summed E-state index contributed by atoms with van der Waals surface area (Å²) in [6.07, 6.45) is 8.84. The number of aromatic nitrogens is 7. The van der Waals surface area contributed by atoms with Gasteiger partial charge >= 0.3 is 0 Å². The van der Waals surface area contributed by atoms with Crippen LogP contribution in [0.5, 0.6) is 0 Å². The lowest BCUT2D eigenvalue weighted by Gasteiger charge is -2.33. The first-order valence-electron chi connectivity index (χ1n) is 12.3. The van der Waals surface area contributed by atoms with Crippen molar-refractivity contribution in [3.63, 3.8) is 0 Å². The van der Waals surface area contributed by atoms with Gasteiger partial charge in [-0.1, -0.05) is 13.8 Å². The maximum Gasteiger partial charge on any atom is 0.226 e. The second-order valence-electron chi connectivity index (χ2n) is 9.73. The van der Waals surface area contributed by atoms with Gasteiger partial charge in [0.25, 0.3) is 0 Å². The van der Waals surface area contributed by atoms with E-state index in [1.807, 2.05) is 32.2 Å². The molecule has 1 aliphatic heterocycles. The van der Waals surface area contributed by atoms with Crippen LogP contribution >= 0.6 is 0 Å². The molecule has 0 bridgehead atoms. The second-order valence-corrected chi connectivity index (χ2v) is 9.73. The molecule has 188 valence electrons. The van der Waals surface area contributed by atoms with E-state index < -0.39 is 0 Å². The van der Waals surface area contributed by atoms with Crippen LogP contribution in [0.2, 0.25) is 0 Å². The minimum atomic E-state index is -0.120. The molecule has 37 heavy (non-hydrogen) atoms. The number of carbonyl (C=O) groups excluding carboxylic acids is 1. The Balaban J connectivity index is 1.36. The summed E-state index contributed by atoms with van der Waals surface area (Å²) in [7, 11) is 2.14. The van der Waals surface area contributed by atoms with Gasteiger partial charge in [-0.25, -0.2) is 9.97 Å². The van der Waals surface area contributed by atoms with E-state index in [0.29, 0.717) is 22.9 Å². The van der Waals surface area contributed by atoms with Gasteiger partial charge in [-0.05, 0) is 19.2 Å². The van der Waals surface area contributed by atoms with E-state index >= 15 is 0 Å². The Hall–Kier alpha value is -4.38. The zero-order chi connectivity index (χ0) is 25.5. The highest BCUT2D eigenvalue weighted by Crippen LogP contribution is 2.32. The van der Waals surface area contributed by atoms with Crippen molar-refractivity contribution < 1.29 is 4.79 Å². The number of piperazine rings is 1. The number of nitrogens with zero attached hydrogens (tertiary/aromatic N) is 7. The lowest BCUT2D eigenvalue weighted by Crippen LogP contribution is -2.44. The quantitative estimate of drug-likeness (QED) is 0.338. The highest BCUT2D eigenvalue weighted by atomic mass is 16.1. The number of imidazole rings is 1. The first kappa shape index (κ1) is 23.0. The summed E-state index contributed by atoms with van der Waals surface area (Å²) in [6.45, 7) is 7.58. The molecule has 1 amide bonds. The van der Waals surface area contributed by atoms with E-state index in [4.69, 9.17) is 4.98 Å². The topological polar surface area (TPSA) is 132 Å². The summed E-state index contributed by atoms with van der Waals surface area (Å²) in [5.41, 5.74) is 6.46. The van der Waals surface area contributed by atoms with Crippen molar-refractivity contribution >= 4 is 39.3 Å². The van der Waals surface area contributed by atoms with Crippen molar-refractivity contribution in [2.45, 2.75) is 13.8 Å². The van der Waals surface area contributed by atoms with Crippen LogP contribution in [0.15, 0.2) is 43.1 Å². The Bertz CT molecular complexity index is 1600. The number of H-pyrrole nitrogens is 2. The summed E-state index contributed by atoms with van der Waals surface area (Å²) in [6, 6.07) is 3.91. The monoisotopic (exact) mass is 496 g/mol. The summed E-state index contributed by atoms with van der Waals surface area (Å²) in [5.74, 6) is 0.477. The summed E-state index contributed by atoms with van der Waals surface area (Å²) < 4.78 is 0. The fourth-order valence-corrected chi connectivity index (χ4v) is 4.50. The first-order chi connectivity index (χ1) is 18.0. The third-order valence-electron chi connectivity index (χ3n) is 6.72. The molecule has 5 aromatic rings. The molecule has 0 unspecified atom stereocenters. The molecule has 0 atom stereocenters. The molecule has 1 aliphatic rings. The van der Waals surface area contributed by atoms with Gasteiger partial charge in [0.1, 0.15) is 11.2 Å². The predicted molar refractivity (Wildman–Crippen MR) is 143 cm³/mol. The van der Waals surface area contributed by atoms with Crippen LogP contribution in [-0.2, 0) is 4.79 Å². The average molecular weight is 497 g/mol. The molecule has 5 aromatic heterocycles. The van der Waals surface area contributed by atoms with Crippen molar-refractivity contribution in [3.8, 4) is 22.6 Å². The van der Waals surface area contributed by atoms with Gasteiger partial charge in [0, 0.05) is 55.6 Å². The van der Waals surface area contributed by atoms with Gasteiger partial charge in [-0.3, -0.25) is 19.9 Å². The third kappa shape index (κ3) is 4.38. The number of rotatable bonds is 5. The van der Waals surface area contributed by atoms with Gasteiger partial charge in [0.15, 0.2) is 11.5 Å². The minimum absolute atomic E-state index is 0.0556. The molecular formula is C26H28N10O.